The van der Waals surface area contributed by atoms with Crippen LogP contribution < -0.4 is 10.9 Å². The van der Waals surface area contributed by atoms with Crippen LogP contribution in [0.2, 0.25) is 10.0 Å². The van der Waals surface area contributed by atoms with Gasteiger partial charge in [0.15, 0.2) is 5.16 Å². The molecule has 1 unspecified atom stereocenters. The third-order valence-corrected chi connectivity index (χ3v) is 6.22. The number of amides is 1. The van der Waals surface area contributed by atoms with Gasteiger partial charge in [0.25, 0.3) is 5.56 Å². The molecule has 0 radical (unpaired) electrons. The zero-order chi connectivity index (χ0) is 20.5. The molecule has 4 rings (SSSR count). The van der Waals surface area contributed by atoms with Gasteiger partial charge < -0.3 is 10.3 Å². The minimum Gasteiger partial charge on any atom is -0.310 e. The molecule has 1 aliphatic heterocycles. The number of hydrogen-bond donors (Lipinski definition) is 2. The van der Waals surface area contributed by atoms with Gasteiger partial charge in [0.05, 0.1) is 5.56 Å². The molecule has 29 heavy (non-hydrogen) atoms. The summed E-state index contributed by atoms with van der Waals surface area (Å²) >= 11 is 13.6. The van der Waals surface area contributed by atoms with Crippen molar-refractivity contribution in [1.29, 1.82) is 0 Å². The molecule has 0 bridgehead atoms. The van der Waals surface area contributed by atoms with Crippen LogP contribution in [-0.4, -0.2) is 15.9 Å². The normalized spacial score (nSPS) is 15.7. The molecule has 0 spiro atoms. The summed E-state index contributed by atoms with van der Waals surface area (Å²) in [4.78, 5) is 32.1. The summed E-state index contributed by atoms with van der Waals surface area (Å²) in [5, 5.41) is 3.72. The molecular weight excluding hydrogens is 436 g/mol. The fraction of sp³-hybridized carbons (Fsp3) is 0.150. The Labute approximate surface area is 179 Å². The zero-order valence-electron chi connectivity index (χ0n) is 14.8. The first-order valence-electron chi connectivity index (χ1n) is 8.68. The van der Waals surface area contributed by atoms with Crippen molar-refractivity contribution in [3.63, 3.8) is 0 Å². The Balaban J connectivity index is 1.71. The molecule has 0 saturated heterocycles. The van der Waals surface area contributed by atoms with Crippen molar-refractivity contribution >= 4 is 46.7 Å². The van der Waals surface area contributed by atoms with E-state index in [9.17, 15) is 14.0 Å². The van der Waals surface area contributed by atoms with Crippen molar-refractivity contribution < 1.29 is 9.18 Å². The van der Waals surface area contributed by atoms with E-state index in [1.165, 1.54) is 30.0 Å². The number of carbonyl (C=O) groups excluding carboxylic acids is 1. The van der Waals surface area contributed by atoms with Crippen molar-refractivity contribution in [3.05, 3.63) is 85.4 Å². The average Bonchev–Trinajstić information content (AvgIpc) is 2.66. The Morgan fingerprint density at radius 1 is 1.07 bits per heavy atom. The van der Waals surface area contributed by atoms with Gasteiger partial charge in [-0.3, -0.25) is 9.59 Å². The van der Waals surface area contributed by atoms with Crippen LogP contribution in [0.25, 0.3) is 0 Å². The van der Waals surface area contributed by atoms with Crippen LogP contribution in [0.4, 0.5) is 10.2 Å². The number of thioether (sulfide) groups is 1. The summed E-state index contributed by atoms with van der Waals surface area (Å²) < 4.78 is 14.4. The van der Waals surface area contributed by atoms with E-state index in [2.05, 4.69) is 15.3 Å². The topological polar surface area (TPSA) is 74.8 Å². The van der Waals surface area contributed by atoms with Gasteiger partial charge >= 0.3 is 0 Å². The number of nitrogens with one attached hydrogen (secondary N) is 2. The Morgan fingerprint density at radius 2 is 1.83 bits per heavy atom. The highest BCUT2D eigenvalue weighted by atomic mass is 35.5. The largest absolute Gasteiger partial charge is 0.310 e. The van der Waals surface area contributed by atoms with Gasteiger partial charge in [-0.1, -0.05) is 59.2 Å². The second-order valence-corrected chi connectivity index (χ2v) is 8.23. The number of anilines is 1. The molecule has 2 aromatic carbocycles. The van der Waals surface area contributed by atoms with Gasteiger partial charge in [0, 0.05) is 33.7 Å². The number of halogens is 3. The molecule has 1 aromatic heterocycles. The zero-order valence-corrected chi connectivity index (χ0v) is 17.2. The highest BCUT2D eigenvalue weighted by Gasteiger charge is 2.33. The first-order valence-corrected chi connectivity index (χ1v) is 10.4. The quantitative estimate of drug-likeness (QED) is 0.434. The Hall–Kier alpha value is -2.35. The summed E-state index contributed by atoms with van der Waals surface area (Å²) in [6.45, 7) is 0. The maximum atomic E-state index is 14.4. The average molecular weight is 450 g/mol. The lowest BCUT2D eigenvalue weighted by molar-refractivity contribution is -0.116. The predicted molar refractivity (Wildman–Crippen MR) is 112 cm³/mol. The smallest absolute Gasteiger partial charge is 0.257 e. The SMILES string of the molecule is O=C1CC(c2c(F)cccc2Cl)c2c(nc(SCc3ccccc3Cl)[nH]c2=O)N1. The summed E-state index contributed by atoms with van der Waals surface area (Å²) in [5.41, 5.74) is 0.758. The molecule has 0 fully saturated rings. The molecule has 2 N–H and O–H groups in total. The van der Waals surface area contributed by atoms with Gasteiger partial charge in [-0.2, -0.15) is 0 Å². The molecule has 1 atom stereocenters. The molecule has 5 nitrogen and oxygen atoms in total. The fourth-order valence-corrected chi connectivity index (χ4v) is 4.71. The van der Waals surface area contributed by atoms with Gasteiger partial charge in [-0.05, 0) is 23.8 Å². The Kier molecular flexibility index (Phi) is 5.63. The molecule has 0 saturated carbocycles. The maximum Gasteiger partial charge on any atom is 0.257 e. The summed E-state index contributed by atoms with van der Waals surface area (Å²) in [6.07, 6.45) is -0.0927. The molecule has 0 aliphatic carbocycles. The van der Waals surface area contributed by atoms with Gasteiger partial charge in [0.1, 0.15) is 11.6 Å². The number of aromatic nitrogens is 2. The fourth-order valence-electron chi connectivity index (χ4n) is 3.27. The van der Waals surface area contributed by atoms with Crippen molar-refractivity contribution in [1.82, 2.24) is 9.97 Å². The van der Waals surface area contributed by atoms with E-state index in [0.29, 0.717) is 15.9 Å². The minimum atomic E-state index is -0.814. The predicted octanol–water partition coefficient (Wildman–Crippen LogP) is 4.98. The van der Waals surface area contributed by atoms with Crippen molar-refractivity contribution in [2.75, 3.05) is 5.32 Å². The molecule has 9 heteroatoms. The highest BCUT2D eigenvalue weighted by Crippen LogP contribution is 2.39. The molecular formula is C20H14Cl2FN3O2S. The summed E-state index contributed by atoms with van der Waals surface area (Å²) in [6, 6.07) is 11.6. The van der Waals surface area contributed by atoms with E-state index >= 15 is 0 Å². The van der Waals surface area contributed by atoms with Crippen LogP contribution in [0.1, 0.15) is 29.0 Å². The van der Waals surface area contributed by atoms with E-state index in [4.69, 9.17) is 23.2 Å². The number of H-pyrrole nitrogens is 1. The lowest BCUT2D eigenvalue weighted by atomic mass is 9.86. The molecule has 3 aromatic rings. The molecule has 2 heterocycles. The number of aromatic amines is 1. The van der Waals surface area contributed by atoms with Crippen LogP contribution in [-0.2, 0) is 10.5 Å². The Bertz CT molecular complexity index is 1150. The standard InChI is InChI=1S/C20H14Cl2FN3O2S/c21-12-5-2-1-4-10(12)9-29-20-25-18-17(19(28)26-20)11(8-15(27)24-18)16-13(22)6-3-7-14(16)23/h1-7,11H,8-9H2,(H2,24,25,26,27,28). The van der Waals surface area contributed by atoms with Crippen LogP contribution in [0.3, 0.4) is 0 Å². The van der Waals surface area contributed by atoms with Crippen LogP contribution in [0.15, 0.2) is 52.4 Å². The number of carbonyl (C=O) groups is 1. The van der Waals surface area contributed by atoms with E-state index in [1.54, 1.807) is 6.07 Å². The summed E-state index contributed by atoms with van der Waals surface area (Å²) in [5.74, 6) is -1.14. The van der Waals surface area contributed by atoms with E-state index < -0.39 is 17.3 Å². The monoisotopic (exact) mass is 449 g/mol. The minimum absolute atomic E-state index is 0.0927. The summed E-state index contributed by atoms with van der Waals surface area (Å²) in [7, 11) is 0. The van der Waals surface area contributed by atoms with Gasteiger partial charge in [-0.25, -0.2) is 9.37 Å². The van der Waals surface area contributed by atoms with Gasteiger partial charge in [-0.15, -0.1) is 0 Å². The maximum absolute atomic E-state index is 14.4. The Morgan fingerprint density at radius 3 is 2.59 bits per heavy atom. The third kappa shape index (κ3) is 4.03. The lowest BCUT2D eigenvalue weighted by Crippen LogP contribution is -2.31. The molecule has 148 valence electrons. The highest BCUT2D eigenvalue weighted by molar-refractivity contribution is 7.98. The molecule has 1 amide bonds. The van der Waals surface area contributed by atoms with Crippen molar-refractivity contribution in [2.45, 2.75) is 23.2 Å². The van der Waals surface area contributed by atoms with E-state index in [0.717, 1.165) is 5.56 Å². The van der Waals surface area contributed by atoms with Crippen LogP contribution in [0.5, 0.6) is 0 Å². The number of fused-ring (bicyclic) bond motifs is 1. The van der Waals surface area contributed by atoms with Crippen molar-refractivity contribution in [2.24, 2.45) is 0 Å². The second kappa shape index (κ2) is 8.18. The number of nitrogens with zero attached hydrogens (tertiary/aromatic N) is 1. The van der Waals surface area contributed by atoms with Crippen LogP contribution >= 0.6 is 35.0 Å². The van der Waals surface area contributed by atoms with E-state index in [1.807, 2.05) is 18.2 Å². The number of rotatable bonds is 4. The van der Waals surface area contributed by atoms with Crippen LogP contribution in [0, 0.1) is 5.82 Å². The number of benzene rings is 2. The van der Waals surface area contributed by atoms with Crippen molar-refractivity contribution in [3.8, 4) is 0 Å². The second-order valence-electron chi connectivity index (χ2n) is 6.45. The van der Waals surface area contributed by atoms with E-state index in [-0.39, 0.29) is 34.3 Å². The molecule has 1 aliphatic rings. The first-order chi connectivity index (χ1) is 13.9. The third-order valence-electron chi connectivity index (χ3n) is 4.60. The lowest BCUT2D eigenvalue weighted by Gasteiger charge is -2.25. The number of hydrogen-bond acceptors (Lipinski definition) is 4. The first kappa shape index (κ1) is 19.9. The van der Waals surface area contributed by atoms with Gasteiger partial charge in [0.2, 0.25) is 5.91 Å².